The molecule has 86 valence electrons. The molecule has 0 aliphatic rings. The number of rotatable bonds is 5. The molecule has 2 heterocycles. The van der Waals surface area contributed by atoms with Crippen molar-refractivity contribution in [2.24, 2.45) is 7.05 Å². The first-order chi connectivity index (χ1) is 7.79. The minimum atomic E-state index is 0.864. The Bertz CT molecular complexity index is 441. The summed E-state index contributed by atoms with van der Waals surface area (Å²) in [6.45, 7) is 4.94. The van der Waals surface area contributed by atoms with Crippen LogP contribution in [0.1, 0.15) is 18.2 Å². The van der Waals surface area contributed by atoms with Gasteiger partial charge < -0.3 is 9.88 Å². The highest BCUT2D eigenvalue weighted by Gasteiger charge is 1.99. The van der Waals surface area contributed by atoms with Crippen LogP contribution >= 0.6 is 0 Å². The summed E-state index contributed by atoms with van der Waals surface area (Å²) in [5.41, 5.74) is 2.54. The van der Waals surface area contributed by atoms with Crippen molar-refractivity contribution in [3.63, 3.8) is 0 Å². The molecule has 0 unspecified atom stereocenters. The van der Waals surface area contributed by atoms with E-state index in [1.54, 1.807) is 0 Å². The molecule has 0 saturated carbocycles. The van der Waals surface area contributed by atoms with Crippen LogP contribution in [0, 0.1) is 0 Å². The molecule has 0 atom stereocenters. The fourth-order valence-corrected chi connectivity index (χ4v) is 1.82. The number of nitrogens with one attached hydrogen (secondary N) is 1. The lowest BCUT2D eigenvalue weighted by atomic mass is 10.3. The predicted octanol–water partition coefficient (Wildman–Crippen LogP) is 1.53. The molecule has 0 bridgehead atoms. The molecule has 0 aromatic carbocycles. The molecule has 0 radical (unpaired) electrons. The summed E-state index contributed by atoms with van der Waals surface area (Å²) in [6.07, 6.45) is 6.04. The molecule has 0 aliphatic heterocycles. The van der Waals surface area contributed by atoms with Gasteiger partial charge in [-0.1, -0.05) is 0 Å². The maximum Gasteiger partial charge on any atom is 0.0534 e. The molecule has 2 aromatic heterocycles. The topological polar surface area (TPSA) is 34.8 Å². The zero-order valence-electron chi connectivity index (χ0n) is 9.85. The SMILES string of the molecule is CCn1cccc1CNCc1cnn(C)c1. The van der Waals surface area contributed by atoms with Crippen LogP contribution in [-0.4, -0.2) is 14.3 Å². The van der Waals surface area contributed by atoms with Crippen molar-refractivity contribution in [3.05, 3.63) is 42.0 Å². The van der Waals surface area contributed by atoms with Crippen molar-refractivity contribution in [2.45, 2.75) is 26.6 Å². The van der Waals surface area contributed by atoms with Crippen LogP contribution < -0.4 is 5.32 Å². The Morgan fingerprint density at radius 2 is 2.25 bits per heavy atom. The number of aryl methyl sites for hydroxylation is 2. The monoisotopic (exact) mass is 218 g/mol. The Labute approximate surface area is 95.9 Å². The molecular weight excluding hydrogens is 200 g/mol. The number of nitrogens with zero attached hydrogens (tertiary/aromatic N) is 3. The fourth-order valence-electron chi connectivity index (χ4n) is 1.82. The predicted molar refractivity (Wildman–Crippen MR) is 63.9 cm³/mol. The third-order valence-electron chi connectivity index (χ3n) is 2.66. The minimum Gasteiger partial charge on any atom is -0.351 e. The average Bonchev–Trinajstić information content (AvgIpc) is 2.87. The third kappa shape index (κ3) is 2.52. The second-order valence-electron chi connectivity index (χ2n) is 3.91. The minimum absolute atomic E-state index is 0.864. The van der Waals surface area contributed by atoms with Gasteiger partial charge in [-0.05, 0) is 19.1 Å². The normalized spacial score (nSPS) is 10.9. The zero-order chi connectivity index (χ0) is 11.4. The van der Waals surface area contributed by atoms with E-state index in [-0.39, 0.29) is 0 Å². The molecule has 16 heavy (non-hydrogen) atoms. The van der Waals surface area contributed by atoms with E-state index >= 15 is 0 Å². The van der Waals surface area contributed by atoms with Gasteiger partial charge in [-0.15, -0.1) is 0 Å². The highest BCUT2D eigenvalue weighted by molar-refractivity contribution is 5.08. The Hall–Kier alpha value is -1.55. The van der Waals surface area contributed by atoms with E-state index < -0.39 is 0 Å². The van der Waals surface area contributed by atoms with Crippen LogP contribution in [0.4, 0.5) is 0 Å². The van der Waals surface area contributed by atoms with E-state index in [1.165, 1.54) is 11.3 Å². The number of hydrogen-bond acceptors (Lipinski definition) is 2. The van der Waals surface area contributed by atoms with Gasteiger partial charge in [0, 0.05) is 50.3 Å². The van der Waals surface area contributed by atoms with E-state index in [1.807, 2.05) is 24.1 Å². The molecule has 0 spiro atoms. The lowest BCUT2D eigenvalue weighted by Gasteiger charge is -2.07. The Morgan fingerprint density at radius 3 is 2.94 bits per heavy atom. The lowest BCUT2D eigenvalue weighted by molar-refractivity contribution is 0.628. The second-order valence-corrected chi connectivity index (χ2v) is 3.91. The summed E-state index contributed by atoms with van der Waals surface area (Å²) < 4.78 is 4.07. The highest BCUT2D eigenvalue weighted by Crippen LogP contribution is 2.02. The van der Waals surface area contributed by atoms with Gasteiger partial charge in [0.05, 0.1) is 6.20 Å². The average molecular weight is 218 g/mol. The van der Waals surface area contributed by atoms with Crippen LogP contribution in [-0.2, 0) is 26.7 Å². The summed E-state index contributed by atoms with van der Waals surface area (Å²) in [5, 5.41) is 7.56. The van der Waals surface area contributed by atoms with E-state index in [0.29, 0.717) is 0 Å². The molecule has 0 amide bonds. The van der Waals surface area contributed by atoms with Crippen molar-refractivity contribution in [3.8, 4) is 0 Å². The van der Waals surface area contributed by atoms with Gasteiger partial charge in [-0.3, -0.25) is 4.68 Å². The Morgan fingerprint density at radius 1 is 1.38 bits per heavy atom. The van der Waals surface area contributed by atoms with E-state index in [0.717, 1.165) is 19.6 Å². The number of aromatic nitrogens is 3. The summed E-state index contributed by atoms with van der Waals surface area (Å²) in [5.74, 6) is 0. The van der Waals surface area contributed by atoms with E-state index in [4.69, 9.17) is 0 Å². The summed E-state index contributed by atoms with van der Waals surface area (Å²) in [7, 11) is 1.94. The second kappa shape index (κ2) is 4.99. The molecule has 0 fully saturated rings. The first-order valence-electron chi connectivity index (χ1n) is 5.62. The van der Waals surface area contributed by atoms with Crippen LogP contribution in [0.15, 0.2) is 30.7 Å². The van der Waals surface area contributed by atoms with Crippen molar-refractivity contribution in [1.82, 2.24) is 19.7 Å². The molecule has 1 N–H and O–H groups in total. The van der Waals surface area contributed by atoms with Crippen molar-refractivity contribution < 1.29 is 0 Å². The van der Waals surface area contributed by atoms with Crippen molar-refractivity contribution >= 4 is 0 Å². The fraction of sp³-hybridized carbons (Fsp3) is 0.417. The van der Waals surface area contributed by atoms with Crippen LogP contribution in [0.3, 0.4) is 0 Å². The summed E-state index contributed by atoms with van der Waals surface area (Å²) in [4.78, 5) is 0. The standard InChI is InChI=1S/C12H18N4/c1-3-16-6-4-5-12(16)9-13-7-11-8-14-15(2)10-11/h4-6,8,10,13H,3,7,9H2,1-2H3. The quantitative estimate of drug-likeness (QED) is 0.826. The van der Waals surface area contributed by atoms with Gasteiger partial charge in [-0.2, -0.15) is 5.10 Å². The number of hydrogen-bond donors (Lipinski definition) is 1. The van der Waals surface area contributed by atoms with Gasteiger partial charge in [0.1, 0.15) is 0 Å². The molecule has 0 saturated heterocycles. The smallest absolute Gasteiger partial charge is 0.0534 e. The Kier molecular flexibility index (Phi) is 3.41. The van der Waals surface area contributed by atoms with Crippen molar-refractivity contribution in [1.29, 1.82) is 0 Å². The van der Waals surface area contributed by atoms with Crippen LogP contribution in [0.25, 0.3) is 0 Å². The zero-order valence-corrected chi connectivity index (χ0v) is 9.85. The Balaban J connectivity index is 1.84. The summed E-state index contributed by atoms with van der Waals surface area (Å²) >= 11 is 0. The first-order valence-corrected chi connectivity index (χ1v) is 5.62. The third-order valence-corrected chi connectivity index (χ3v) is 2.66. The molecule has 2 aromatic rings. The molecule has 0 aliphatic carbocycles. The van der Waals surface area contributed by atoms with E-state index in [9.17, 15) is 0 Å². The van der Waals surface area contributed by atoms with Crippen LogP contribution in [0.2, 0.25) is 0 Å². The molecule has 4 heteroatoms. The van der Waals surface area contributed by atoms with Gasteiger partial charge in [0.15, 0.2) is 0 Å². The highest BCUT2D eigenvalue weighted by atomic mass is 15.2. The molecule has 2 rings (SSSR count). The lowest BCUT2D eigenvalue weighted by Crippen LogP contribution is -2.15. The maximum atomic E-state index is 4.14. The summed E-state index contributed by atoms with van der Waals surface area (Å²) in [6, 6.07) is 4.24. The molecule has 4 nitrogen and oxygen atoms in total. The van der Waals surface area contributed by atoms with Gasteiger partial charge >= 0.3 is 0 Å². The first kappa shape index (κ1) is 11.0. The van der Waals surface area contributed by atoms with Crippen LogP contribution in [0.5, 0.6) is 0 Å². The van der Waals surface area contributed by atoms with Gasteiger partial charge in [-0.25, -0.2) is 0 Å². The maximum absolute atomic E-state index is 4.14. The molecular formula is C12H18N4. The van der Waals surface area contributed by atoms with Crippen molar-refractivity contribution in [2.75, 3.05) is 0 Å². The van der Waals surface area contributed by atoms with Gasteiger partial charge in [0.25, 0.3) is 0 Å². The van der Waals surface area contributed by atoms with Gasteiger partial charge in [0.2, 0.25) is 0 Å². The van der Waals surface area contributed by atoms with E-state index in [2.05, 4.69) is 40.2 Å². The largest absolute Gasteiger partial charge is 0.351 e.